The number of hydrogen-bond acceptors (Lipinski definition) is 3. The summed E-state index contributed by atoms with van der Waals surface area (Å²) in [5.74, 6) is 2.24. The zero-order valence-corrected chi connectivity index (χ0v) is 10.6. The molecule has 0 aliphatic rings. The first-order chi connectivity index (χ1) is 6.65. The Hall–Kier alpha value is 0.270. The molecule has 1 atom stereocenters. The van der Waals surface area contributed by atoms with Crippen molar-refractivity contribution >= 4 is 12.6 Å². The minimum Gasteiger partial charge on any atom is -0.395 e. The Balaban J connectivity index is 3.96. The van der Waals surface area contributed by atoms with Gasteiger partial charge in [0, 0.05) is 13.1 Å². The Morgan fingerprint density at radius 3 is 2.29 bits per heavy atom. The summed E-state index contributed by atoms with van der Waals surface area (Å²) in [6.45, 7) is 9.86. The van der Waals surface area contributed by atoms with Gasteiger partial charge in [0.15, 0.2) is 0 Å². The molecule has 0 heterocycles. The maximum absolute atomic E-state index is 8.93. The quantitative estimate of drug-likeness (QED) is 0.609. The molecule has 1 N–H and O–H groups in total. The molecule has 0 fully saturated rings. The smallest absolute Gasteiger partial charge is 0.0558 e. The van der Waals surface area contributed by atoms with Crippen molar-refractivity contribution in [1.82, 2.24) is 4.90 Å². The van der Waals surface area contributed by atoms with E-state index in [2.05, 4.69) is 38.3 Å². The second-order valence-corrected chi connectivity index (χ2v) is 4.58. The number of aliphatic hydroxyl groups excluding tert-OH is 1. The molecule has 0 saturated carbocycles. The van der Waals surface area contributed by atoms with E-state index < -0.39 is 0 Å². The van der Waals surface area contributed by atoms with E-state index in [1.807, 2.05) is 0 Å². The summed E-state index contributed by atoms with van der Waals surface area (Å²) < 4.78 is 0. The van der Waals surface area contributed by atoms with Gasteiger partial charge in [0.1, 0.15) is 0 Å². The van der Waals surface area contributed by atoms with E-state index in [0.29, 0.717) is 11.8 Å². The number of rotatable bonds is 8. The third-order valence-corrected chi connectivity index (χ3v) is 3.10. The Morgan fingerprint density at radius 1 is 1.29 bits per heavy atom. The normalized spacial score (nSPS) is 13.9. The Bertz CT molecular complexity index is 124. The summed E-state index contributed by atoms with van der Waals surface area (Å²) in [5.41, 5.74) is 0. The average molecular weight is 219 g/mol. The third-order valence-electron chi connectivity index (χ3n) is 2.63. The summed E-state index contributed by atoms with van der Waals surface area (Å²) in [6.07, 6.45) is 1.15. The van der Waals surface area contributed by atoms with Gasteiger partial charge in [0.05, 0.1) is 6.61 Å². The van der Waals surface area contributed by atoms with Gasteiger partial charge < -0.3 is 10.0 Å². The van der Waals surface area contributed by atoms with Crippen molar-refractivity contribution in [3.63, 3.8) is 0 Å². The molecule has 0 saturated heterocycles. The van der Waals surface area contributed by atoms with E-state index in [0.717, 1.165) is 31.8 Å². The first kappa shape index (κ1) is 14.3. The summed E-state index contributed by atoms with van der Waals surface area (Å²) in [5, 5.41) is 8.93. The molecule has 0 rings (SSSR count). The van der Waals surface area contributed by atoms with Crippen LogP contribution in [0.4, 0.5) is 0 Å². The van der Waals surface area contributed by atoms with Crippen molar-refractivity contribution < 1.29 is 5.11 Å². The van der Waals surface area contributed by atoms with Crippen LogP contribution in [0.3, 0.4) is 0 Å². The minimum absolute atomic E-state index is 0.261. The molecular formula is C11H25NOS. The zero-order valence-electron chi connectivity index (χ0n) is 9.74. The van der Waals surface area contributed by atoms with E-state index in [1.165, 1.54) is 0 Å². The fourth-order valence-electron chi connectivity index (χ4n) is 1.56. The molecule has 0 bridgehead atoms. The van der Waals surface area contributed by atoms with Gasteiger partial charge in [-0.05, 0) is 30.6 Å². The van der Waals surface area contributed by atoms with Gasteiger partial charge in [-0.2, -0.15) is 12.6 Å². The lowest BCUT2D eigenvalue weighted by molar-refractivity contribution is 0.167. The molecule has 0 aliphatic carbocycles. The molecule has 0 aromatic heterocycles. The van der Waals surface area contributed by atoms with Crippen molar-refractivity contribution in [2.75, 3.05) is 32.0 Å². The van der Waals surface area contributed by atoms with E-state index >= 15 is 0 Å². The minimum atomic E-state index is 0.261. The second-order valence-electron chi connectivity index (χ2n) is 4.21. The van der Waals surface area contributed by atoms with Gasteiger partial charge in [-0.15, -0.1) is 0 Å². The number of thiol groups is 1. The third kappa shape index (κ3) is 5.89. The number of hydrogen-bond donors (Lipinski definition) is 2. The van der Waals surface area contributed by atoms with Gasteiger partial charge in [0.2, 0.25) is 0 Å². The first-order valence-electron chi connectivity index (χ1n) is 5.59. The van der Waals surface area contributed by atoms with Crippen LogP contribution < -0.4 is 0 Å². The summed E-state index contributed by atoms with van der Waals surface area (Å²) in [6, 6.07) is 0. The molecule has 2 nitrogen and oxygen atoms in total. The van der Waals surface area contributed by atoms with Crippen LogP contribution in [0.2, 0.25) is 0 Å². The highest BCUT2D eigenvalue weighted by molar-refractivity contribution is 7.80. The topological polar surface area (TPSA) is 23.5 Å². The van der Waals surface area contributed by atoms with E-state index in [1.54, 1.807) is 0 Å². The molecule has 0 aliphatic heterocycles. The predicted molar refractivity (Wildman–Crippen MR) is 66.0 cm³/mol. The van der Waals surface area contributed by atoms with Crippen LogP contribution in [-0.2, 0) is 0 Å². The molecular weight excluding hydrogens is 194 g/mol. The molecule has 0 radical (unpaired) electrons. The van der Waals surface area contributed by atoms with E-state index in [4.69, 9.17) is 5.11 Å². The zero-order chi connectivity index (χ0) is 11.0. The van der Waals surface area contributed by atoms with Crippen molar-refractivity contribution in [3.8, 4) is 0 Å². The van der Waals surface area contributed by atoms with Crippen LogP contribution in [0.25, 0.3) is 0 Å². The van der Waals surface area contributed by atoms with Crippen LogP contribution in [0.1, 0.15) is 27.2 Å². The van der Waals surface area contributed by atoms with Gasteiger partial charge in [0.25, 0.3) is 0 Å². The van der Waals surface area contributed by atoms with Crippen LogP contribution in [0.5, 0.6) is 0 Å². The van der Waals surface area contributed by atoms with Crippen LogP contribution in [0.15, 0.2) is 0 Å². The molecule has 86 valence electrons. The number of aliphatic hydroxyl groups is 1. The van der Waals surface area contributed by atoms with Gasteiger partial charge >= 0.3 is 0 Å². The largest absolute Gasteiger partial charge is 0.395 e. The predicted octanol–water partition coefficient (Wildman–Crippen LogP) is 1.89. The van der Waals surface area contributed by atoms with Crippen molar-refractivity contribution in [2.24, 2.45) is 11.8 Å². The monoisotopic (exact) mass is 219 g/mol. The molecule has 0 aromatic carbocycles. The van der Waals surface area contributed by atoms with Crippen LogP contribution in [0, 0.1) is 11.8 Å². The maximum Gasteiger partial charge on any atom is 0.0558 e. The van der Waals surface area contributed by atoms with Crippen molar-refractivity contribution in [3.05, 3.63) is 0 Å². The molecule has 0 spiro atoms. The Kier molecular flexibility index (Phi) is 8.73. The highest BCUT2D eigenvalue weighted by Gasteiger charge is 2.15. The molecule has 0 amide bonds. The van der Waals surface area contributed by atoms with Gasteiger partial charge in [-0.3, -0.25) is 0 Å². The van der Waals surface area contributed by atoms with Crippen LogP contribution >= 0.6 is 12.6 Å². The van der Waals surface area contributed by atoms with Crippen molar-refractivity contribution in [2.45, 2.75) is 27.2 Å². The molecule has 3 heteroatoms. The fraction of sp³-hybridized carbons (Fsp3) is 1.00. The summed E-state index contributed by atoms with van der Waals surface area (Å²) in [4.78, 5) is 2.33. The highest BCUT2D eigenvalue weighted by atomic mass is 32.1. The lowest BCUT2D eigenvalue weighted by Crippen LogP contribution is -2.35. The molecule has 1 unspecified atom stereocenters. The SMILES string of the molecule is CCCN(CCO)CC(CS)C(C)C. The summed E-state index contributed by atoms with van der Waals surface area (Å²) >= 11 is 4.38. The first-order valence-corrected chi connectivity index (χ1v) is 6.23. The van der Waals surface area contributed by atoms with Crippen molar-refractivity contribution in [1.29, 1.82) is 0 Å². The van der Waals surface area contributed by atoms with Gasteiger partial charge in [-0.1, -0.05) is 20.8 Å². The Labute approximate surface area is 94.1 Å². The average Bonchev–Trinajstić information content (AvgIpc) is 2.14. The molecule has 14 heavy (non-hydrogen) atoms. The Morgan fingerprint density at radius 2 is 1.93 bits per heavy atom. The van der Waals surface area contributed by atoms with E-state index in [9.17, 15) is 0 Å². The fourth-order valence-corrected chi connectivity index (χ4v) is 2.10. The van der Waals surface area contributed by atoms with Crippen LogP contribution in [-0.4, -0.2) is 42.0 Å². The summed E-state index contributed by atoms with van der Waals surface area (Å²) in [7, 11) is 0. The maximum atomic E-state index is 8.93. The second kappa shape index (κ2) is 8.57. The standard InChI is InChI=1S/C11H25NOS/c1-4-5-12(6-7-13)8-11(9-14)10(2)3/h10-11,13-14H,4-9H2,1-3H3. The van der Waals surface area contributed by atoms with Gasteiger partial charge in [-0.25, -0.2) is 0 Å². The number of nitrogens with zero attached hydrogens (tertiary/aromatic N) is 1. The highest BCUT2D eigenvalue weighted by Crippen LogP contribution is 2.14. The van der Waals surface area contributed by atoms with E-state index in [-0.39, 0.29) is 6.61 Å². The molecule has 0 aromatic rings. The lowest BCUT2D eigenvalue weighted by atomic mass is 9.97. The lowest BCUT2D eigenvalue weighted by Gasteiger charge is -2.27.